The quantitative estimate of drug-likeness (QED) is 0.918. The molecule has 0 aliphatic carbocycles. The zero-order chi connectivity index (χ0) is 15.2. The highest BCUT2D eigenvalue weighted by molar-refractivity contribution is 5.46. The van der Waals surface area contributed by atoms with Crippen LogP contribution in [-0.2, 0) is 6.42 Å². The van der Waals surface area contributed by atoms with E-state index < -0.39 is 0 Å². The number of aliphatic hydroxyl groups is 1. The lowest BCUT2D eigenvalue weighted by Gasteiger charge is -2.37. The normalized spacial score (nSPS) is 17.4. The number of nitrogens with zero attached hydrogens (tertiary/aromatic N) is 2. The smallest absolute Gasteiger partial charge is 0.0707 e. The van der Waals surface area contributed by atoms with Crippen LogP contribution in [0.1, 0.15) is 5.56 Å². The maximum Gasteiger partial charge on any atom is 0.0707 e. The van der Waals surface area contributed by atoms with Gasteiger partial charge in [-0.3, -0.25) is 4.90 Å². The summed E-state index contributed by atoms with van der Waals surface area (Å²) in [5, 5.41) is 10.3. The van der Waals surface area contributed by atoms with Gasteiger partial charge in [-0.05, 0) is 24.1 Å². The zero-order valence-electron chi connectivity index (χ0n) is 12.9. The van der Waals surface area contributed by atoms with Crippen molar-refractivity contribution in [2.45, 2.75) is 12.5 Å². The Morgan fingerprint density at radius 2 is 1.41 bits per heavy atom. The molecular formula is C19H24N2O. The summed E-state index contributed by atoms with van der Waals surface area (Å²) in [6.45, 7) is 4.85. The Balaban J connectivity index is 1.46. The summed E-state index contributed by atoms with van der Waals surface area (Å²) in [4.78, 5) is 4.78. The Kier molecular flexibility index (Phi) is 5.09. The lowest BCUT2D eigenvalue weighted by Crippen LogP contribution is -2.48. The summed E-state index contributed by atoms with van der Waals surface area (Å²) < 4.78 is 0. The lowest BCUT2D eigenvalue weighted by molar-refractivity contribution is 0.109. The third kappa shape index (κ3) is 4.09. The number of piperazine rings is 1. The van der Waals surface area contributed by atoms with E-state index in [9.17, 15) is 5.11 Å². The minimum atomic E-state index is -0.286. The van der Waals surface area contributed by atoms with Crippen LogP contribution < -0.4 is 4.90 Å². The Morgan fingerprint density at radius 3 is 2.05 bits per heavy atom. The SMILES string of the molecule is O[C@H](Cc1ccccc1)CN1CCN(c2ccccc2)CC1. The standard InChI is InChI=1S/C19H24N2O/c22-19(15-17-7-3-1-4-8-17)16-20-11-13-21(14-12-20)18-9-5-2-6-10-18/h1-10,19,22H,11-16H2/t19-/m1/s1. The monoisotopic (exact) mass is 296 g/mol. The molecule has 0 unspecified atom stereocenters. The molecule has 0 amide bonds. The molecule has 2 aromatic rings. The van der Waals surface area contributed by atoms with Gasteiger partial charge in [0, 0.05) is 38.4 Å². The molecule has 1 atom stereocenters. The molecule has 1 N–H and O–H groups in total. The van der Waals surface area contributed by atoms with E-state index in [0.29, 0.717) is 0 Å². The van der Waals surface area contributed by atoms with Gasteiger partial charge in [0.1, 0.15) is 0 Å². The molecule has 3 rings (SSSR count). The average molecular weight is 296 g/mol. The van der Waals surface area contributed by atoms with Crippen LogP contribution in [0.4, 0.5) is 5.69 Å². The highest BCUT2D eigenvalue weighted by atomic mass is 16.3. The van der Waals surface area contributed by atoms with E-state index in [0.717, 1.165) is 39.1 Å². The number of β-amino-alcohol motifs (C(OH)–C–C–N with tert-alkyl or cyclic N) is 1. The second kappa shape index (κ2) is 7.43. The van der Waals surface area contributed by atoms with E-state index >= 15 is 0 Å². The topological polar surface area (TPSA) is 26.7 Å². The minimum Gasteiger partial charge on any atom is -0.391 e. The highest BCUT2D eigenvalue weighted by Crippen LogP contribution is 2.16. The van der Waals surface area contributed by atoms with Crippen LogP contribution in [0.2, 0.25) is 0 Å². The summed E-state index contributed by atoms with van der Waals surface area (Å²) in [5.41, 5.74) is 2.50. The van der Waals surface area contributed by atoms with Gasteiger partial charge in [-0.25, -0.2) is 0 Å². The van der Waals surface area contributed by atoms with E-state index in [-0.39, 0.29) is 6.10 Å². The fraction of sp³-hybridized carbons (Fsp3) is 0.368. The van der Waals surface area contributed by atoms with Gasteiger partial charge < -0.3 is 10.0 Å². The van der Waals surface area contributed by atoms with Crippen LogP contribution in [0.25, 0.3) is 0 Å². The molecular weight excluding hydrogens is 272 g/mol. The molecule has 1 fully saturated rings. The van der Waals surface area contributed by atoms with Crippen molar-refractivity contribution in [3.63, 3.8) is 0 Å². The molecule has 1 aliphatic rings. The van der Waals surface area contributed by atoms with Gasteiger partial charge in [0.05, 0.1) is 6.10 Å². The molecule has 116 valence electrons. The highest BCUT2D eigenvalue weighted by Gasteiger charge is 2.19. The number of hydrogen-bond acceptors (Lipinski definition) is 3. The number of para-hydroxylation sites is 1. The molecule has 0 saturated carbocycles. The second-order valence-corrected chi connectivity index (χ2v) is 5.97. The maximum absolute atomic E-state index is 10.3. The predicted molar refractivity (Wildman–Crippen MR) is 91.2 cm³/mol. The van der Waals surface area contributed by atoms with E-state index in [4.69, 9.17) is 0 Å². The summed E-state index contributed by atoms with van der Waals surface area (Å²) >= 11 is 0. The Hall–Kier alpha value is -1.84. The van der Waals surface area contributed by atoms with Gasteiger partial charge in [0.15, 0.2) is 0 Å². The third-order valence-corrected chi connectivity index (χ3v) is 4.28. The van der Waals surface area contributed by atoms with Gasteiger partial charge in [-0.2, -0.15) is 0 Å². The van der Waals surface area contributed by atoms with Crippen molar-refractivity contribution in [1.82, 2.24) is 4.90 Å². The Labute approximate surface area is 132 Å². The van der Waals surface area contributed by atoms with Gasteiger partial charge in [0.25, 0.3) is 0 Å². The lowest BCUT2D eigenvalue weighted by atomic mass is 10.1. The zero-order valence-corrected chi connectivity index (χ0v) is 12.9. The third-order valence-electron chi connectivity index (χ3n) is 4.28. The fourth-order valence-corrected chi connectivity index (χ4v) is 3.08. The van der Waals surface area contributed by atoms with Crippen molar-refractivity contribution in [2.24, 2.45) is 0 Å². The first kappa shape index (κ1) is 15.1. The predicted octanol–water partition coefficient (Wildman–Crippen LogP) is 2.41. The first-order valence-corrected chi connectivity index (χ1v) is 8.05. The van der Waals surface area contributed by atoms with Crippen molar-refractivity contribution < 1.29 is 5.11 Å². The van der Waals surface area contributed by atoms with Crippen molar-refractivity contribution in [3.8, 4) is 0 Å². The van der Waals surface area contributed by atoms with Crippen LogP contribution in [0.5, 0.6) is 0 Å². The summed E-state index contributed by atoms with van der Waals surface area (Å²) in [6, 6.07) is 20.8. The summed E-state index contributed by atoms with van der Waals surface area (Å²) in [6.07, 6.45) is 0.449. The Morgan fingerprint density at radius 1 is 0.818 bits per heavy atom. The minimum absolute atomic E-state index is 0.286. The van der Waals surface area contributed by atoms with Crippen LogP contribution in [0.3, 0.4) is 0 Å². The first-order valence-electron chi connectivity index (χ1n) is 8.05. The molecule has 3 heteroatoms. The van der Waals surface area contributed by atoms with Crippen molar-refractivity contribution in [1.29, 1.82) is 0 Å². The number of anilines is 1. The number of hydrogen-bond donors (Lipinski definition) is 1. The van der Waals surface area contributed by atoms with Gasteiger partial charge in [-0.15, -0.1) is 0 Å². The van der Waals surface area contributed by atoms with E-state index in [1.165, 1.54) is 11.3 Å². The Bertz CT molecular complexity index is 550. The van der Waals surface area contributed by atoms with E-state index in [1.807, 2.05) is 18.2 Å². The molecule has 2 aromatic carbocycles. The fourth-order valence-electron chi connectivity index (χ4n) is 3.08. The van der Waals surface area contributed by atoms with Crippen LogP contribution >= 0.6 is 0 Å². The summed E-state index contributed by atoms with van der Waals surface area (Å²) in [5.74, 6) is 0. The van der Waals surface area contributed by atoms with E-state index in [1.54, 1.807) is 0 Å². The molecule has 0 aromatic heterocycles. The summed E-state index contributed by atoms with van der Waals surface area (Å²) in [7, 11) is 0. The van der Waals surface area contributed by atoms with Gasteiger partial charge in [0.2, 0.25) is 0 Å². The first-order chi connectivity index (χ1) is 10.8. The average Bonchev–Trinajstić information content (AvgIpc) is 2.57. The van der Waals surface area contributed by atoms with Crippen LogP contribution in [0, 0.1) is 0 Å². The van der Waals surface area contributed by atoms with Crippen molar-refractivity contribution >= 4 is 5.69 Å². The molecule has 3 nitrogen and oxygen atoms in total. The maximum atomic E-state index is 10.3. The van der Waals surface area contributed by atoms with Crippen LogP contribution in [-0.4, -0.2) is 48.8 Å². The number of rotatable bonds is 5. The molecule has 1 aliphatic heterocycles. The second-order valence-electron chi connectivity index (χ2n) is 5.97. The largest absolute Gasteiger partial charge is 0.391 e. The van der Waals surface area contributed by atoms with Crippen molar-refractivity contribution in [3.05, 3.63) is 66.2 Å². The molecule has 1 heterocycles. The molecule has 0 spiro atoms. The van der Waals surface area contributed by atoms with Gasteiger partial charge in [-0.1, -0.05) is 48.5 Å². The molecule has 1 saturated heterocycles. The van der Waals surface area contributed by atoms with Gasteiger partial charge >= 0.3 is 0 Å². The van der Waals surface area contributed by atoms with Crippen LogP contribution in [0.15, 0.2) is 60.7 Å². The molecule has 22 heavy (non-hydrogen) atoms. The number of benzene rings is 2. The van der Waals surface area contributed by atoms with Crippen molar-refractivity contribution in [2.75, 3.05) is 37.6 Å². The number of aliphatic hydroxyl groups excluding tert-OH is 1. The molecule has 0 bridgehead atoms. The molecule has 0 radical (unpaired) electrons. The van der Waals surface area contributed by atoms with E-state index in [2.05, 4.69) is 52.3 Å².